The van der Waals surface area contributed by atoms with Crippen LogP contribution in [0.25, 0.3) is 0 Å². The highest BCUT2D eigenvalue weighted by Crippen LogP contribution is 2.36. The molecule has 26 heavy (non-hydrogen) atoms. The van der Waals surface area contributed by atoms with E-state index < -0.39 is 0 Å². The highest BCUT2D eigenvalue weighted by Gasteiger charge is 2.10. The van der Waals surface area contributed by atoms with Crippen LogP contribution in [0.1, 0.15) is 11.1 Å². The summed E-state index contributed by atoms with van der Waals surface area (Å²) in [7, 11) is 6.55. The summed E-state index contributed by atoms with van der Waals surface area (Å²) in [5.74, 6) is 2.92. The molecule has 0 saturated heterocycles. The zero-order valence-electron chi connectivity index (χ0n) is 15.4. The summed E-state index contributed by atoms with van der Waals surface area (Å²) < 4.78 is 22.2. The van der Waals surface area contributed by atoms with Crippen molar-refractivity contribution >= 4 is 28.3 Å². The van der Waals surface area contributed by atoms with E-state index >= 15 is 0 Å². The summed E-state index contributed by atoms with van der Waals surface area (Å²) in [5, 5.41) is 3.44. The van der Waals surface area contributed by atoms with Gasteiger partial charge in [0.2, 0.25) is 0 Å². The third-order valence-electron chi connectivity index (χ3n) is 3.86. The van der Waals surface area contributed by atoms with Gasteiger partial charge in [-0.15, -0.1) is 12.4 Å². The maximum atomic E-state index is 5.37. The zero-order valence-corrected chi connectivity index (χ0v) is 17.8. The van der Waals surface area contributed by atoms with E-state index in [-0.39, 0.29) is 12.4 Å². The van der Waals surface area contributed by atoms with Crippen molar-refractivity contribution in [1.29, 1.82) is 0 Å². The van der Waals surface area contributed by atoms with Gasteiger partial charge in [0.25, 0.3) is 0 Å². The normalized spacial score (nSPS) is 10.0. The Morgan fingerprint density at radius 1 is 0.808 bits per heavy atom. The summed E-state index contributed by atoms with van der Waals surface area (Å²) in [4.78, 5) is 0. The molecule has 0 atom stereocenters. The SMILES string of the molecule is COc1ccc(CCNCc2cc(Br)c(OC)c(OC)c2)cc1OC.Cl. The van der Waals surface area contributed by atoms with Crippen LogP contribution in [-0.4, -0.2) is 35.0 Å². The summed E-state index contributed by atoms with van der Waals surface area (Å²) >= 11 is 3.52. The molecule has 0 bridgehead atoms. The van der Waals surface area contributed by atoms with Gasteiger partial charge in [-0.25, -0.2) is 0 Å². The van der Waals surface area contributed by atoms with Crippen LogP contribution >= 0.6 is 28.3 Å². The Balaban J connectivity index is 0.00000338. The van der Waals surface area contributed by atoms with Crippen molar-refractivity contribution in [2.24, 2.45) is 0 Å². The standard InChI is InChI=1S/C19H24BrNO4.ClH/c1-22-16-6-5-13(10-17(16)23-2)7-8-21-12-14-9-15(20)19(25-4)18(11-14)24-3;/h5-6,9-11,21H,7-8,12H2,1-4H3;1H. The maximum absolute atomic E-state index is 5.37. The van der Waals surface area contributed by atoms with E-state index in [1.54, 1.807) is 28.4 Å². The Morgan fingerprint density at radius 3 is 2.08 bits per heavy atom. The van der Waals surface area contributed by atoms with Gasteiger partial charge in [0.15, 0.2) is 23.0 Å². The van der Waals surface area contributed by atoms with Gasteiger partial charge in [-0.1, -0.05) is 6.07 Å². The number of nitrogens with one attached hydrogen (secondary N) is 1. The third kappa shape index (κ3) is 5.69. The van der Waals surface area contributed by atoms with Gasteiger partial charge in [-0.2, -0.15) is 0 Å². The highest BCUT2D eigenvalue weighted by atomic mass is 79.9. The largest absolute Gasteiger partial charge is 0.493 e. The number of halogens is 2. The molecule has 0 radical (unpaired) electrons. The summed E-state index contributed by atoms with van der Waals surface area (Å²) in [6.07, 6.45) is 0.898. The lowest BCUT2D eigenvalue weighted by Gasteiger charge is -2.13. The fraction of sp³-hybridized carbons (Fsp3) is 0.368. The van der Waals surface area contributed by atoms with E-state index in [0.29, 0.717) is 11.5 Å². The predicted octanol–water partition coefficient (Wildman–Crippen LogP) is 4.24. The molecule has 2 aromatic carbocycles. The van der Waals surface area contributed by atoms with Crippen molar-refractivity contribution in [2.45, 2.75) is 13.0 Å². The summed E-state index contributed by atoms with van der Waals surface area (Å²) in [6.45, 7) is 1.59. The zero-order chi connectivity index (χ0) is 18.2. The van der Waals surface area contributed by atoms with Gasteiger partial charge in [-0.05, 0) is 64.3 Å². The molecule has 0 amide bonds. The number of rotatable bonds is 9. The van der Waals surface area contributed by atoms with Crippen LogP contribution in [0.3, 0.4) is 0 Å². The Bertz CT molecular complexity index is 712. The van der Waals surface area contributed by atoms with Crippen LogP contribution in [0.4, 0.5) is 0 Å². The van der Waals surface area contributed by atoms with Crippen molar-refractivity contribution in [1.82, 2.24) is 5.32 Å². The average Bonchev–Trinajstić information content (AvgIpc) is 2.64. The smallest absolute Gasteiger partial charge is 0.174 e. The molecular weight excluding hydrogens is 422 g/mol. The van der Waals surface area contributed by atoms with Crippen molar-refractivity contribution in [3.63, 3.8) is 0 Å². The fourth-order valence-electron chi connectivity index (χ4n) is 2.57. The van der Waals surface area contributed by atoms with Crippen molar-refractivity contribution in [2.75, 3.05) is 35.0 Å². The number of hydrogen-bond acceptors (Lipinski definition) is 5. The van der Waals surface area contributed by atoms with Gasteiger partial charge in [0.1, 0.15) is 0 Å². The minimum Gasteiger partial charge on any atom is -0.493 e. The topological polar surface area (TPSA) is 49.0 Å². The Hall–Kier alpha value is -1.63. The number of benzene rings is 2. The second kappa shape index (κ2) is 11.2. The molecule has 0 unspecified atom stereocenters. The first-order valence-electron chi connectivity index (χ1n) is 7.95. The minimum atomic E-state index is 0. The Morgan fingerprint density at radius 2 is 1.46 bits per heavy atom. The fourth-order valence-corrected chi connectivity index (χ4v) is 3.23. The molecule has 144 valence electrons. The van der Waals surface area contributed by atoms with Crippen LogP contribution in [0, 0.1) is 0 Å². The lowest BCUT2D eigenvalue weighted by atomic mass is 10.1. The van der Waals surface area contributed by atoms with Gasteiger partial charge in [0, 0.05) is 6.54 Å². The molecule has 2 aromatic rings. The van der Waals surface area contributed by atoms with Crippen molar-refractivity contribution in [3.8, 4) is 23.0 Å². The average molecular weight is 447 g/mol. The maximum Gasteiger partial charge on any atom is 0.174 e. The van der Waals surface area contributed by atoms with Crippen LogP contribution in [-0.2, 0) is 13.0 Å². The molecule has 0 spiro atoms. The molecule has 7 heteroatoms. The van der Waals surface area contributed by atoms with Crippen LogP contribution < -0.4 is 24.3 Å². The van der Waals surface area contributed by atoms with Crippen LogP contribution in [0.2, 0.25) is 0 Å². The molecule has 0 fully saturated rings. The second-order valence-electron chi connectivity index (χ2n) is 5.43. The molecule has 0 heterocycles. The van der Waals surface area contributed by atoms with Gasteiger partial charge >= 0.3 is 0 Å². The molecule has 1 N–H and O–H groups in total. The lowest BCUT2D eigenvalue weighted by Crippen LogP contribution is -2.16. The monoisotopic (exact) mass is 445 g/mol. The van der Waals surface area contributed by atoms with E-state index in [1.165, 1.54) is 5.56 Å². The Labute approximate surface area is 169 Å². The molecule has 5 nitrogen and oxygen atoms in total. The molecular formula is C19H25BrClNO4. The van der Waals surface area contributed by atoms with Crippen molar-refractivity contribution in [3.05, 3.63) is 45.9 Å². The number of ether oxygens (including phenoxy) is 4. The second-order valence-corrected chi connectivity index (χ2v) is 6.28. The van der Waals surface area contributed by atoms with Gasteiger partial charge in [-0.3, -0.25) is 0 Å². The molecule has 0 aliphatic rings. The Kier molecular flexibility index (Phi) is 9.62. The first-order chi connectivity index (χ1) is 12.1. The van der Waals surface area contributed by atoms with E-state index in [1.807, 2.05) is 24.3 Å². The van der Waals surface area contributed by atoms with Gasteiger partial charge in [0.05, 0.1) is 32.9 Å². The summed E-state index contributed by atoms with van der Waals surface area (Å²) in [6, 6.07) is 10.0. The molecule has 0 aliphatic carbocycles. The molecule has 0 saturated carbocycles. The highest BCUT2D eigenvalue weighted by molar-refractivity contribution is 9.10. The van der Waals surface area contributed by atoms with E-state index in [0.717, 1.165) is 41.0 Å². The minimum absolute atomic E-state index is 0. The van der Waals surface area contributed by atoms with Gasteiger partial charge < -0.3 is 24.3 Å². The quantitative estimate of drug-likeness (QED) is 0.584. The third-order valence-corrected chi connectivity index (χ3v) is 4.45. The first-order valence-corrected chi connectivity index (χ1v) is 8.74. The lowest BCUT2D eigenvalue weighted by molar-refractivity contribution is 0.352. The van der Waals surface area contributed by atoms with Crippen LogP contribution in [0.15, 0.2) is 34.8 Å². The molecule has 0 aliphatic heterocycles. The van der Waals surface area contributed by atoms with E-state index in [4.69, 9.17) is 18.9 Å². The number of hydrogen-bond donors (Lipinski definition) is 1. The summed E-state index contributed by atoms with van der Waals surface area (Å²) in [5.41, 5.74) is 2.32. The van der Waals surface area contributed by atoms with E-state index in [9.17, 15) is 0 Å². The predicted molar refractivity (Wildman–Crippen MR) is 109 cm³/mol. The number of methoxy groups -OCH3 is 4. The molecule has 0 aromatic heterocycles. The van der Waals surface area contributed by atoms with Crippen molar-refractivity contribution < 1.29 is 18.9 Å². The van der Waals surface area contributed by atoms with Crippen LogP contribution in [0.5, 0.6) is 23.0 Å². The van der Waals surface area contributed by atoms with E-state index in [2.05, 4.69) is 27.3 Å². The first kappa shape index (κ1) is 22.4. The molecule has 2 rings (SSSR count).